The van der Waals surface area contributed by atoms with E-state index in [0.717, 1.165) is 49.2 Å². The van der Waals surface area contributed by atoms with Crippen molar-refractivity contribution in [2.45, 2.75) is 25.8 Å². The van der Waals surface area contributed by atoms with Crippen LogP contribution in [0.25, 0.3) is 11.0 Å². The van der Waals surface area contributed by atoms with Crippen molar-refractivity contribution in [3.8, 4) is 6.07 Å². The molecule has 30 heavy (non-hydrogen) atoms. The van der Waals surface area contributed by atoms with Crippen LogP contribution in [0.1, 0.15) is 30.4 Å². The Morgan fingerprint density at radius 3 is 3.00 bits per heavy atom. The van der Waals surface area contributed by atoms with Gasteiger partial charge in [-0.25, -0.2) is 14.4 Å². The summed E-state index contributed by atoms with van der Waals surface area (Å²) in [4.78, 5) is 27.1. The Bertz CT molecular complexity index is 1160. The predicted molar refractivity (Wildman–Crippen MR) is 109 cm³/mol. The third-order valence-corrected chi connectivity index (χ3v) is 6.41. The summed E-state index contributed by atoms with van der Waals surface area (Å²) in [5.41, 5.74) is 1.43. The molecule has 3 heterocycles. The number of piperidine rings is 1. The smallest absolute Gasteiger partial charge is 0.224 e. The lowest BCUT2D eigenvalue weighted by Crippen LogP contribution is -2.48. The number of anilines is 1. The zero-order chi connectivity index (χ0) is 20.7. The molecule has 152 valence electrons. The number of carbonyl (C=O) groups excluding carboxylic acids is 1. The van der Waals surface area contributed by atoms with Gasteiger partial charge in [-0.15, -0.1) is 0 Å². The number of aromatic amines is 1. The molecule has 2 N–H and O–H groups in total. The molecule has 0 bridgehead atoms. The Labute approximate surface area is 172 Å². The van der Waals surface area contributed by atoms with E-state index in [9.17, 15) is 9.18 Å². The molecule has 1 aliphatic carbocycles. The maximum atomic E-state index is 14.1. The highest BCUT2D eigenvalue weighted by Crippen LogP contribution is 2.56. The van der Waals surface area contributed by atoms with E-state index in [1.54, 1.807) is 18.5 Å². The lowest BCUT2D eigenvalue weighted by atomic mass is 9.81. The topological polar surface area (TPSA) is 97.7 Å². The van der Waals surface area contributed by atoms with Gasteiger partial charge in [0.1, 0.15) is 23.6 Å². The van der Waals surface area contributed by atoms with E-state index < -0.39 is 5.82 Å². The zero-order valence-corrected chi connectivity index (χ0v) is 16.4. The molecular weight excluding hydrogens is 383 g/mol. The normalized spacial score (nSPS) is 19.6. The molecule has 5 rings (SSSR count). The maximum absolute atomic E-state index is 14.1. The summed E-state index contributed by atoms with van der Waals surface area (Å²) in [7, 11) is 0. The number of hydrogen-bond donors (Lipinski definition) is 2. The first-order valence-corrected chi connectivity index (χ1v) is 10.1. The van der Waals surface area contributed by atoms with Crippen LogP contribution in [0.2, 0.25) is 0 Å². The van der Waals surface area contributed by atoms with E-state index in [0.29, 0.717) is 5.56 Å². The molecule has 1 saturated heterocycles. The van der Waals surface area contributed by atoms with Crippen molar-refractivity contribution in [1.82, 2.24) is 20.3 Å². The standard InChI is InChI=1S/C22H21FN6O/c23-18-9-14(10-24)1-2-15(18)11-26-21(30)17-4-8-29(12-22(17)5-6-22)20-16-3-7-25-19(16)27-13-28-20/h1-3,7,9,13,17H,4-6,8,11-12H2,(H,26,30)(H,25,27,28)/t17-/m1/s1. The van der Waals surface area contributed by atoms with Gasteiger partial charge in [-0.3, -0.25) is 4.79 Å². The number of fused-ring (bicyclic) bond motifs is 1. The van der Waals surface area contributed by atoms with E-state index in [2.05, 4.69) is 25.2 Å². The highest BCUT2D eigenvalue weighted by atomic mass is 19.1. The fraction of sp³-hybridized carbons (Fsp3) is 0.364. The average molecular weight is 404 g/mol. The van der Waals surface area contributed by atoms with Crippen molar-refractivity contribution in [2.24, 2.45) is 11.3 Å². The van der Waals surface area contributed by atoms with E-state index in [-0.39, 0.29) is 29.3 Å². The lowest BCUT2D eigenvalue weighted by Gasteiger charge is -2.39. The van der Waals surface area contributed by atoms with Crippen molar-refractivity contribution in [3.05, 3.63) is 53.7 Å². The van der Waals surface area contributed by atoms with Gasteiger partial charge in [0.15, 0.2) is 0 Å². The molecule has 3 aromatic rings. The first kappa shape index (κ1) is 18.6. The van der Waals surface area contributed by atoms with Crippen molar-refractivity contribution >= 4 is 22.8 Å². The van der Waals surface area contributed by atoms with E-state index in [1.807, 2.05) is 18.3 Å². The summed E-state index contributed by atoms with van der Waals surface area (Å²) in [6, 6.07) is 8.22. The minimum Gasteiger partial charge on any atom is -0.355 e. The second-order valence-corrected chi connectivity index (χ2v) is 8.20. The fourth-order valence-corrected chi connectivity index (χ4v) is 4.59. The Morgan fingerprint density at radius 2 is 2.23 bits per heavy atom. The summed E-state index contributed by atoms with van der Waals surface area (Å²) < 4.78 is 14.1. The van der Waals surface area contributed by atoms with E-state index >= 15 is 0 Å². The number of rotatable bonds is 4. The lowest BCUT2D eigenvalue weighted by molar-refractivity contribution is -0.128. The van der Waals surface area contributed by atoms with Crippen molar-refractivity contribution in [1.29, 1.82) is 5.26 Å². The largest absolute Gasteiger partial charge is 0.355 e. The second kappa shape index (κ2) is 7.10. The van der Waals surface area contributed by atoms with Gasteiger partial charge in [0.2, 0.25) is 5.91 Å². The molecule has 0 radical (unpaired) electrons. The van der Waals surface area contributed by atoms with Gasteiger partial charge in [0.25, 0.3) is 0 Å². The van der Waals surface area contributed by atoms with Crippen molar-refractivity contribution in [2.75, 3.05) is 18.0 Å². The van der Waals surface area contributed by atoms with Crippen LogP contribution >= 0.6 is 0 Å². The quantitative estimate of drug-likeness (QED) is 0.697. The van der Waals surface area contributed by atoms with Gasteiger partial charge in [0, 0.05) is 37.3 Å². The molecule has 1 amide bonds. The maximum Gasteiger partial charge on any atom is 0.224 e. The summed E-state index contributed by atoms with van der Waals surface area (Å²) in [6.07, 6.45) is 6.18. The van der Waals surface area contributed by atoms with E-state index in [4.69, 9.17) is 5.26 Å². The zero-order valence-electron chi connectivity index (χ0n) is 16.4. The number of aromatic nitrogens is 3. The van der Waals surface area contributed by atoms with Gasteiger partial charge in [-0.1, -0.05) is 6.07 Å². The molecule has 1 saturated carbocycles. The van der Waals surface area contributed by atoms with Gasteiger partial charge in [-0.2, -0.15) is 5.26 Å². The summed E-state index contributed by atoms with van der Waals surface area (Å²) in [6.45, 7) is 1.65. The molecule has 1 aromatic carbocycles. The van der Waals surface area contributed by atoms with Crippen LogP contribution in [0.4, 0.5) is 10.2 Å². The number of nitriles is 1. The summed E-state index contributed by atoms with van der Waals surface area (Å²) in [5, 5.41) is 12.8. The molecule has 7 nitrogen and oxygen atoms in total. The number of halogens is 1. The van der Waals surface area contributed by atoms with Crippen LogP contribution in [0.5, 0.6) is 0 Å². The molecular formula is C22H21FN6O. The SMILES string of the molecule is N#Cc1ccc(CNC(=O)[C@H]2CCN(c3ncnc4[nH]ccc34)CC23CC3)c(F)c1. The van der Waals surface area contributed by atoms with Gasteiger partial charge < -0.3 is 15.2 Å². The molecule has 1 aliphatic heterocycles. The highest BCUT2D eigenvalue weighted by Gasteiger charge is 2.55. The fourth-order valence-electron chi connectivity index (χ4n) is 4.59. The number of hydrogen-bond acceptors (Lipinski definition) is 5. The van der Waals surface area contributed by atoms with Crippen molar-refractivity contribution in [3.63, 3.8) is 0 Å². The van der Waals surface area contributed by atoms with Crippen molar-refractivity contribution < 1.29 is 9.18 Å². The molecule has 2 fully saturated rings. The Morgan fingerprint density at radius 1 is 1.37 bits per heavy atom. The van der Waals surface area contributed by atoms with Crippen LogP contribution in [-0.4, -0.2) is 33.9 Å². The number of benzene rings is 1. The molecule has 2 aliphatic rings. The Hall–Kier alpha value is -3.47. The number of H-pyrrole nitrogens is 1. The average Bonchev–Trinajstić information content (AvgIpc) is 3.34. The third-order valence-electron chi connectivity index (χ3n) is 6.41. The number of carbonyl (C=O) groups is 1. The first-order valence-electron chi connectivity index (χ1n) is 10.1. The van der Waals surface area contributed by atoms with Gasteiger partial charge in [-0.05, 0) is 42.9 Å². The first-order chi connectivity index (χ1) is 14.6. The second-order valence-electron chi connectivity index (χ2n) is 8.20. The van der Waals surface area contributed by atoms with Crippen LogP contribution in [0, 0.1) is 28.5 Å². The number of amides is 1. The number of nitrogens with zero attached hydrogens (tertiary/aromatic N) is 4. The van der Waals surface area contributed by atoms with Crippen LogP contribution in [0.15, 0.2) is 36.8 Å². The van der Waals surface area contributed by atoms with Gasteiger partial charge >= 0.3 is 0 Å². The Balaban J connectivity index is 1.28. The van der Waals surface area contributed by atoms with Crippen LogP contribution < -0.4 is 10.2 Å². The Kier molecular flexibility index (Phi) is 4.39. The monoisotopic (exact) mass is 404 g/mol. The third kappa shape index (κ3) is 3.16. The van der Waals surface area contributed by atoms with Crippen LogP contribution in [0.3, 0.4) is 0 Å². The van der Waals surface area contributed by atoms with E-state index in [1.165, 1.54) is 6.07 Å². The van der Waals surface area contributed by atoms with Crippen LogP contribution in [-0.2, 0) is 11.3 Å². The molecule has 8 heteroatoms. The minimum absolute atomic E-state index is 0.0228. The summed E-state index contributed by atoms with van der Waals surface area (Å²) >= 11 is 0. The van der Waals surface area contributed by atoms with Gasteiger partial charge in [0.05, 0.1) is 17.0 Å². The molecule has 1 spiro atoms. The highest BCUT2D eigenvalue weighted by molar-refractivity contribution is 5.87. The molecule has 0 unspecified atom stereocenters. The number of nitrogens with one attached hydrogen (secondary N) is 2. The minimum atomic E-state index is -0.468. The molecule has 1 atom stereocenters. The molecule has 2 aromatic heterocycles. The predicted octanol–water partition coefficient (Wildman–Crippen LogP) is 2.89. The summed E-state index contributed by atoms with van der Waals surface area (Å²) in [5.74, 6) is 0.333.